The van der Waals surface area contributed by atoms with Gasteiger partial charge in [0.05, 0.1) is 22.6 Å². The molecular formula is C34H34N4O2. The van der Waals surface area contributed by atoms with E-state index >= 15 is 0 Å². The first kappa shape index (κ1) is 26.9. The summed E-state index contributed by atoms with van der Waals surface area (Å²) in [6, 6.07) is 30.3. The monoisotopic (exact) mass is 530 g/mol. The number of rotatable bonds is 7. The predicted octanol–water partition coefficient (Wildman–Crippen LogP) is 7.36. The van der Waals surface area contributed by atoms with Gasteiger partial charge in [-0.15, -0.1) is 0 Å². The molecule has 1 unspecified atom stereocenters. The van der Waals surface area contributed by atoms with E-state index in [1.807, 2.05) is 112 Å². The Labute approximate surface area is 234 Å². The third-order valence-electron chi connectivity index (χ3n) is 7.43. The molecule has 2 amide bonds. The van der Waals surface area contributed by atoms with Crippen LogP contribution < -0.4 is 10.9 Å². The highest BCUT2D eigenvalue weighted by atomic mass is 16.2. The summed E-state index contributed by atoms with van der Waals surface area (Å²) < 4.78 is 1.69. The molecule has 0 aliphatic rings. The molecule has 0 saturated heterocycles. The molecule has 0 aliphatic carbocycles. The number of amides is 2. The third-order valence-corrected chi connectivity index (χ3v) is 7.43. The van der Waals surface area contributed by atoms with Crippen molar-refractivity contribution >= 4 is 22.6 Å². The molecule has 6 nitrogen and oxygen atoms in total. The Hall–Kier alpha value is -4.71. The van der Waals surface area contributed by atoms with Crippen molar-refractivity contribution in [3.8, 4) is 5.69 Å². The number of aryl methyl sites for hydroxylation is 3. The SMILES string of the molecule is CCc1ccccc1-n1c(C(C)N(Cc2ccccc2)C(=O)Nc2c(C)cccc2C)nc2ccccc2c1=O. The fraction of sp³-hybridized carbons (Fsp3) is 0.206. The van der Waals surface area contributed by atoms with Crippen molar-refractivity contribution in [3.63, 3.8) is 0 Å². The molecule has 0 aliphatic heterocycles. The smallest absolute Gasteiger partial charge is 0.310 e. The van der Waals surface area contributed by atoms with Gasteiger partial charge in [0.2, 0.25) is 0 Å². The van der Waals surface area contributed by atoms with Gasteiger partial charge in [0.25, 0.3) is 5.56 Å². The number of urea groups is 1. The van der Waals surface area contributed by atoms with E-state index in [4.69, 9.17) is 4.98 Å². The highest BCUT2D eigenvalue weighted by Crippen LogP contribution is 2.28. The second kappa shape index (κ2) is 11.6. The second-order valence-corrected chi connectivity index (χ2v) is 10.1. The van der Waals surface area contributed by atoms with E-state index in [1.165, 1.54) is 0 Å². The normalized spacial score (nSPS) is 11.8. The van der Waals surface area contributed by atoms with E-state index in [0.717, 1.165) is 40.0 Å². The largest absolute Gasteiger partial charge is 0.322 e. The molecule has 4 aromatic carbocycles. The van der Waals surface area contributed by atoms with Crippen LogP contribution in [0.25, 0.3) is 16.6 Å². The van der Waals surface area contributed by atoms with Gasteiger partial charge in [-0.05, 0) is 67.6 Å². The summed E-state index contributed by atoms with van der Waals surface area (Å²) in [5, 5.41) is 3.70. The molecule has 0 saturated carbocycles. The number of hydrogen-bond acceptors (Lipinski definition) is 3. The number of para-hydroxylation sites is 3. The van der Waals surface area contributed by atoms with Crippen molar-refractivity contribution in [3.05, 3.63) is 135 Å². The van der Waals surface area contributed by atoms with Crippen molar-refractivity contribution in [2.24, 2.45) is 0 Å². The number of anilines is 1. The first-order chi connectivity index (χ1) is 19.4. The standard InChI is InChI=1S/C34H34N4O2/c1-5-27-18-9-12-21-30(27)38-32(35-29-20-11-10-19-28(29)33(38)39)25(4)37(22-26-16-7-6-8-17-26)34(40)36-31-23(2)14-13-15-24(31)3/h6-21,25H,5,22H2,1-4H3,(H,36,40). The van der Waals surface area contributed by atoms with Crippen molar-refractivity contribution in [1.82, 2.24) is 14.5 Å². The molecule has 0 spiro atoms. The Morgan fingerprint density at radius 1 is 0.875 bits per heavy atom. The van der Waals surface area contributed by atoms with Gasteiger partial charge in [-0.2, -0.15) is 0 Å². The summed E-state index contributed by atoms with van der Waals surface area (Å²) >= 11 is 0. The fourth-order valence-corrected chi connectivity index (χ4v) is 5.19. The second-order valence-electron chi connectivity index (χ2n) is 10.1. The highest BCUT2D eigenvalue weighted by Gasteiger charge is 2.28. The average Bonchev–Trinajstić information content (AvgIpc) is 2.98. The van der Waals surface area contributed by atoms with Crippen LogP contribution in [0.15, 0.2) is 102 Å². The van der Waals surface area contributed by atoms with Gasteiger partial charge in [0, 0.05) is 12.2 Å². The summed E-state index contributed by atoms with van der Waals surface area (Å²) in [5.41, 5.74) is 6.01. The van der Waals surface area contributed by atoms with Crippen molar-refractivity contribution in [1.29, 1.82) is 0 Å². The minimum absolute atomic E-state index is 0.150. The van der Waals surface area contributed by atoms with Gasteiger partial charge in [-0.3, -0.25) is 9.36 Å². The summed E-state index contributed by atoms with van der Waals surface area (Å²) in [6.07, 6.45) is 0.754. The Morgan fingerprint density at radius 3 is 2.25 bits per heavy atom. The van der Waals surface area contributed by atoms with Crippen LogP contribution in [-0.2, 0) is 13.0 Å². The van der Waals surface area contributed by atoms with Gasteiger partial charge < -0.3 is 10.2 Å². The molecule has 5 aromatic rings. The molecule has 1 heterocycles. The van der Waals surface area contributed by atoms with Crippen LogP contribution in [0.4, 0.5) is 10.5 Å². The lowest BCUT2D eigenvalue weighted by Crippen LogP contribution is -2.39. The molecular weight excluding hydrogens is 496 g/mol. The molecule has 0 fully saturated rings. The summed E-state index contributed by atoms with van der Waals surface area (Å²) in [7, 11) is 0. The highest BCUT2D eigenvalue weighted by molar-refractivity contribution is 5.91. The van der Waals surface area contributed by atoms with Crippen molar-refractivity contribution in [2.75, 3.05) is 5.32 Å². The maximum absolute atomic E-state index is 14.1. The number of benzene rings is 4. The molecule has 5 rings (SSSR count). The van der Waals surface area contributed by atoms with Gasteiger partial charge >= 0.3 is 6.03 Å². The van der Waals surface area contributed by atoms with E-state index in [1.54, 1.807) is 15.5 Å². The molecule has 0 bridgehead atoms. The van der Waals surface area contributed by atoms with E-state index in [-0.39, 0.29) is 11.6 Å². The van der Waals surface area contributed by atoms with Crippen LogP contribution >= 0.6 is 0 Å². The number of fused-ring (bicyclic) bond motifs is 1. The maximum atomic E-state index is 14.1. The number of carbonyl (C=O) groups is 1. The zero-order chi connectivity index (χ0) is 28.2. The van der Waals surface area contributed by atoms with Crippen LogP contribution in [0.2, 0.25) is 0 Å². The molecule has 202 valence electrons. The Morgan fingerprint density at radius 2 is 1.52 bits per heavy atom. The van der Waals surface area contributed by atoms with Gasteiger partial charge in [0.15, 0.2) is 0 Å². The maximum Gasteiger partial charge on any atom is 0.322 e. The Balaban J connectivity index is 1.68. The lowest BCUT2D eigenvalue weighted by atomic mass is 10.1. The fourth-order valence-electron chi connectivity index (χ4n) is 5.19. The van der Waals surface area contributed by atoms with Crippen LogP contribution in [0.1, 0.15) is 48.0 Å². The number of carbonyl (C=O) groups excluding carboxylic acids is 1. The molecule has 1 atom stereocenters. The van der Waals surface area contributed by atoms with Gasteiger partial charge in [0.1, 0.15) is 5.82 Å². The number of nitrogens with one attached hydrogen (secondary N) is 1. The van der Waals surface area contributed by atoms with Gasteiger partial charge in [-0.25, -0.2) is 9.78 Å². The van der Waals surface area contributed by atoms with E-state index in [0.29, 0.717) is 23.3 Å². The predicted molar refractivity (Wildman–Crippen MR) is 162 cm³/mol. The third kappa shape index (κ3) is 5.25. The minimum Gasteiger partial charge on any atom is -0.310 e. The lowest BCUT2D eigenvalue weighted by Gasteiger charge is -2.31. The molecule has 0 radical (unpaired) electrons. The first-order valence-corrected chi connectivity index (χ1v) is 13.7. The average molecular weight is 531 g/mol. The minimum atomic E-state index is -0.535. The number of nitrogens with zero attached hydrogens (tertiary/aromatic N) is 3. The first-order valence-electron chi connectivity index (χ1n) is 13.7. The molecule has 40 heavy (non-hydrogen) atoms. The molecule has 6 heteroatoms. The van der Waals surface area contributed by atoms with Crippen LogP contribution in [0, 0.1) is 13.8 Å². The summed E-state index contributed by atoms with van der Waals surface area (Å²) in [5.74, 6) is 0.511. The van der Waals surface area contributed by atoms with Gasteiger partial charge in [-0.1, -0.05) is 85.8 Å². The summed E-state index contributed by atoms with van der Waals surface area (Å²) in [4.78, 5) is 34.9. The van der Waals surface area contributed by atoms with Crippen LogP contribution in [0.3, 0.4) is 0 Å². The quantitative estimate of drug-likeness (QED) is 0.239. The van der Waals surface area contributed by atoms with Crippen molar-refractivity contribution in [2.45, 2.75) is 46.7 Å². The van der Waals surface area contributed by atoms with Crippen LogP contribution in [-0.4, -0.2) is 20.5 Å². The number of hydrogen-bond donors (Lipinski definition) is 1. The summed E-state index contributed by atoms with van der Waals surface area (Å²) in [6.45, 7) is 8.32. The van der Waals surface area contributed by atoms with E-state index in [2.05, 4.69) is 12.2 Å². The zero-order valence-electron chi connectivity index (χ0n) is 23.4. The Bertz CT molecular complexity index is 1710. The zero-order valence-corrected chi connectivity index (χ0v) is 23.4. The Kier molecular flexibility index (Phi) is 7.78. The molecule has 1 aromatic heterocycles. The topological polar surface area (TPSA) is 67.2 Å². The van der Waals surface area contributed by atoms with Crippen LogP contribution in [0.5, 0.6) is 0 Å². The number of aromatic nitrogens is 2. The van der Waals surface area contributed by atoms with E-state index in [9.17, 15) is 9.59 Å². The lowest BCUT2D eigenvalue weighted by molar-refractivity contribution is 0.185. The molecule has 1 N–H and O–H groups in total. The van der Waals surface area contributed by atoms with E-state index < -0.39 is 6.04 Å². The van der Waals surface area contributed by atoms with Crippen molar-refractivity contribution < 1.29 is 4.79 Å².